The van der Waals surface area contributed by atoms with E-state index in [4.69, 9.17) is 9.72 Å². The molecule has 0 aliphatic carbocycles. The van der Waals surface area contributed by atoms with Crippen LogP contribution < -0.4 is 10.1 Å². The molecular weight excluding hydrogens is 318 g/mol. The Morgan fingerprint density at radius 2 is 2.08 bits per heavy atom. The maximum atomic E-state index is 12.6. The summed E-state index contributed by atoms with van der Waals surface area (Å²) in [5, 5.41) is 8.65. The second kappa shape index (κ2) is 7.39. The number of ether oxygens (including phenoxy) is 1. The number of carbonyl (C=O) groups is 1. The number of rotatable bonds is 4. The van der Waals surface area contributed by atoms with E-state index in [1.165, 1.54) is 0 Å². The Morgan fingerprint density at radius 1 is 1.28 bits per heavy atom. The molecule has 1 amide bonds. The summed E-state index contributed by atoms with van der Waals surface area (Å²) in [4.78, 5) is 19.2. The quantitative estimate of drug-likeness (QED) is 0.906. The summed E-state index contributed by atoms with van der Waals surface area (Å²) in [5.74, 6) is 0.814. The smallest absolute Gasteiger partial charge is 0.242 e. The van der Waals surface area contributed by atoms with Gasteiger partial charge in [-0.2, -0.15) is 0 Å². The van der Waals surface area contributed by atoms with Gasteiger partial charge in [0.2, 0.25) is 11.8 Å². The lowest BCUT2D eigenvalue weighted by Crippen LogP contribution is -2.34. The number of aromatic nitrogens is 3. The van der Waals surface area contributed by atoms with Gasteiger partial charge in [-0.05, 0) is 44.4 Å². The van der Waals surface area contributed by atoms with E-state index in [0.717, 1.165) is 60.5 Å². The monoisotopic (exact) mass is 345 g/mol. The third-order valence-electron chi connectivity index (χ3n) is 5.00. The fourth-order valence-electron chi connectivity index (χ4n) is 3.59. The third-order valence-corrected chi connectivity index (χ3v) is 5.00. The van der Waals surface area contributed by atoms with Crippen LogP contribution in [0.5, 0.6) is 5.88 Å². The van der Waals surface area contributed by atoms with Gasteiger partial charge >= 0.3 is 0 Å². The molecule has 2 aromatic rings. The summed E-state index contributed by atoms with van der Waals surface area (Å²) in [5.41, 5.74) is 4.01. The molecule has 1 saturated heterocycles. The lowest BCUT2D eigenvalue weighted by Gasteiger charge is -2.20. The van der Waals surface area contributed by atoms with Crippen LogP contribution >= 0.6 is 0 Å². The van der Waals surface area contributed by atoms with E-state index >= 15 is 0 Å². The lowest BCUT2D eigenvalue weighted by molar-refractivity contribution is -0.130. The minimum atomic E-state index is 0.223. The molecule has 1 fully saturated rings. The van der Waals surface area contributed by atoms with Gasteiger partial charge < -0.3 is 15.0 Å². The lowest BCUT2D eigenvalue weighted by atomic mass is 10.00. The number of hydrogen-bond acceptors (Lipinski definition) is 5. The molecule has 7 heteroatoms. The first-order chi connectivity index (χ1) is 12.0. The van der Waals surface area contributed by atoms with Crippen LogP contribution in [0.2, 0.25) is 0 Å². The van der Waals surface area contributed by atoms with Crippen molar-refractivity contribution in [2.24, 2.45) is 7.05 Å². The number of amides is 1. The highest BCUT2D eigenvalue weighted by molar-refractivity contribution is 5.86. The van der Waals surface area contributed by atoms with Crippen LogP contribution in [0.4, 0.5) is 0 Å². The molecule has 0 atom stereocenters. The molecule has 3 rings (SSSR count). The predicted octanol–water partition coefficient (Wildman–Crippen LogP) is 1.35. The van der Waals surface area contributed by atoms with Crippen LogP contribution in [-0.4, -0.2) is 58.9 Å². The number of fused-ring (bicyclic) bond motifs is 1. The van der Waals surface area contributed by atoms with Gasteiger partial charge in [0.1, 0.15) is 0 Å². The zero-order valence-corrected chi connectivity index (χ0v) is 15.6. The molecular formula is C18H27N5O2. The molecule has 1 aliphatic rings. The average molecular weight is 345 g/mol. The Labute approximate surface area is 148 Å². The predicted molar refractivity (Wildman–Crippen MR) is 96.9 cm³/mol. The minimum Gasteiger partial charge on any atom is -0.479 e. The number of aryl methyl sites for hydroxylation is 3. The SMILES string of the molecule is COc1nn(C)c2nc(C)c(CCC(=O)N3CCCNCC3)c(C)c12. The Balaban J connectivity index is 1.82. The number of pyridine rings is 1. The topological polar surface area (TPSA) is 72.3 Å². The van der Waals surface area contributed by atoms with Gasteiger partial charge in [0.25, 0.3) is 0 Å². The molecule has 7 nitrogen and oxygen atoms in total. The molecule has 25 heavy (non-hydrogen) atoms. The first kappa shape index (κ1) is 17.7. The van der Waals surface area contributed by atoms with Crippen molar-refractivity contribution in [2.75, 3.05) is 33.3 Å². The number of nitrogens with zero attached hydrogens (tertiary/aromatic N) is 4. The van der Waals surface area contributed by atoms with Crippen molar-refractivity contribution in [1.82, 2.24) is 25.0 Å². The van der Waals surface area contributed by atoms with Gasteiger partial charge in [0.05, 0.1) is 12.5 Å². The second-order valence-corrected chi connectivity index (χ2v) is 6.62. The van der Waals surface area contributed by atoms with Crippen LogP contribution in [0.1, 0.15) is 29.7 Å². The van der Waals surface area contributed by atoms with E-state index in [1.54, 1.807) is 11.8 Å². The van der Waals surface area contributed by atoms with Gasteiger partial charge in [-0.3, -0.25) is 4.79 Å². The Hall–Kier alpha value is -2.15. The molecule has 0 saturated carbocycles. The van der Waals surface area contributed by atoms with Crippen molar-refractivity contribution in [2.45, 2.75) is 33.1 Å². The van der Waals surface area contributed by atoms with Crippen molar-refractivity contribution < 1.29 is 9.53 Å². The zero-order chi connectivity index (χ0) is 18.0. The summed E-state index contributed by atoms with van der Waals surface area (Å²) in [7, 11) is 3.49. The van der Waals surface area contributed by atoms with Crippen LogP contribution in [0.15, 0.2) is 0 Å². The van der Waals surface area contributed by atoms with Crippen molar-refractivity contribution in [3.63, 3.8) is 0 Å². The number of methoxy groups -OCH3 is 1. The highest BCUT2D eigenvalue weighted by atomic mass is 16.5. The van der Waals surface area contributed by atoms with Gasteiger partial charge in [-0.15, -0.1) is 5.10 Å². The molecule has 0 bridgehead atoms. The van der Waals surface area contributed by atoms with Gasteiger partial charge in [0, 0.05) is 38.8 Å². The molecule has 0 aromatic carbocycles. The van der Waals surface area contributed by atoms with Crippen molar-refractivity contribution in [3.8, 4) is 5.88 Å². The van der Waals surface area contributed by atoms with E-state index in [0.29, 0.717) is 18.7 Å². The van der Waals surface area contributed by atoms with Crippen molar-refractivity contribution in [3.05, 3.63) is 16.8 Å². The molecule has 0 radical (unpaired) electrons. The first-order valence-electron chi connectivity index (χ1n) is 8.88. The second-order valence-electron chi connectivity index (χ2n) is 6.62. The fraction of sp³-hybridized carbons (Fsp3) is 0.611. The highest BCUT2D eigenvalue weighted by Crippen LogP contribution is 2.30. The Bertz CT molecular complexity index is 776. The first-order valence-corrected chi connectivity index (χ1v) is 8.88. The molecule has 0 unspecified atom stereocenters. The fourth-order valence-corrected chi connectivity index (χ4v) is 3.59. The number of hydrogen-bond donors (Lipinski definition) is 1. The maximum Gasteiger partial charge on any atom is 0.242 e. The third kappa shape index (κ3) is 3.46. The Kier molecular flexibility index (Phi) is 5.22. The average Bonchev–Trinajstić information content (AvgIpc) is 2.78. The van der Waals surface area contributed by atoms with Gasteiger partial charge in [-0.1, -0.05) is 0 Å². The van der Waals surface area contributed by atoms with Crippen LogP contribution in [-0.2, 0) is 18.3 Å². The Morgan fingerprint density at radius 3 is 2.84 bits per heavy atom. The summed E-state index contributed by atoms with van der Waals surface area (Å²) in [6.45, 7) is 7.58. The molecule has 2 aromatic heterocycles. The summed E-state index contributed by atoms with van der Waals surface area (Å²) >= 11 is 0. The normalized spacial score (nSPS) is 15.4. The summed E-state index contributed by atoms with van der Waals surface area (Å²) in [6, 6.07) is 0. The standard InChI is InChI=1S/C18H27N5O2/c1-12-14(6-7-15(24)23-10-5-8-19-9-11-23)13(2)20-17-16(12)18(25-4)21-22(17)3/h19H,5-11H2,1-4H3. The molecule has 0 spiro atoms. The van der Waals surface area contributed by atoms with E-state index in [9.17, 15) is 4.79 Å². The van der Waals surface area contributed by atoms with E-state index < -0.39 is 0 Å². The van der Waals surface area contributed by atoms with E-state index in [2.05, 4.69) is 17.3 Å². The zero-order valence-electron chi connectivity index (χ0n) is 15.6. The maximum absolute atomic E-state index is 12.6. The van der Waals surface area contributed by atoms with Crippen LogP contribution in [0.25, 0.3) is 11.0 Å². The van der Waals surface area contributed by atoms with Crippen molar-refractivity contribution in [1.29, 1.82) is 0 Å². The summed E-state index contributed by atoms with van der Waals surface area (Å²) < 4.78 is 7.15. The molecule has 1 N–H and O–H groups in total. The van der Waals surface area contributed by atoms with Gasteiger partial charge in [-0.25, -0.2) is 9.67 Å². The van der Waals surface area contributed by atoms with Gasteiger partial charge in [0.15, 0.2) is 5.65 Å². The highest BCUT2D eigenvalue weighted by Gasteiger charge is 2.20. The van der Waals surface area contributed by atoms with E-state index in [-0.39, 0.29) is 5.91 Å². The number of nitrogens with one attached hydrogen (secondary N) is 1. The van der Waals surface area contributed by atoms with Crippen LogP contribution in [0, 0.1) is 13.8 Å². The van der Waals surface area contributed by atoms with E-state index in [1.807, 2.05) is 18.9 Å². The largest absolute Gasteiger partial charge is 0.479 e. The molecule has 1 aliphatic heterocycles. The molecule has 136 valence electrons. The van der Waals surface area contributed by atoms with Crippen LogP contribution in [0.3, 0.4) is 0 Å². The number of carbonyl (C=O) groups excluding carboxylic acids is 1. The van der Waals surface area contributed by atoms with Crippen molar-refractivity contribution >= 4 is 16.9 Å². The molecule has 3 heterocycles. The minimum absolute atomic E-state index is 0.223. The summed E-state index contributed by atoms with van der Waals surface area (Å²) in [6.07, 6.45) is 2.23.